The molecular formula is C29H31N3O6. The summed E-state index contributed by atoms with van der Waals surface area (Å²) in [5.74, 6) is 0.633. The number of carbonyl (C=O) groups excluding carboxylic acids is 3. The smallest absolute Gasteiger partial charge is 0.253 e. The summed E-state index contributed by atoms with van der Waals surface area (Å²) in [7, 11) is 4.52. The van der Waals surface area contributed by atoms with Gasteiger partial charge in [0.2, 0.25) is 0 Å². The summed E-state index contributed by atoms with van der Waals surface area (Å²) in [6.45, 7) is 1.32. The number of piperidine rings is 1. The lowest BCUT2D eigenvalue weighted by molar-refractivity contribution is 0.0724. The van der Waals surface area contributed by atoms with Crippen LogP contribution in [0, 0.1) is 0 Å². The van der Waals surface area contributed by atoms with Crippen molar-refractivity contribution in [3.8, 4) is 28.5 Å². The van der Waals surface area contributed by atoms with Crippen molar-refractivity contribution in [1.29, 1.82) is 0 Å². The fraction of sp³-hybridized carbons (Fsp3) is 0.310. The SMILES string of the molecule is COc1ccc(C(=O)NCC(=O)c2ccc(OC)c(-c3ccc(C(=O)N4CCCCC4)cc3)n2)cc1OC. The van der Waals surface area contributed by atoms with Crippen molar-refractivity contribution in [3.05, 3.63) is 71.4 Å². The van der Waals surface area contributed by atoms with Gasteiger partial charge in [0.1, 0.15) is 17.1 Å². The molecule has 1 aromatic heterocycles. The Bertz CT molecular complexity index is 1320. The van der Waals surface area contributed by atoms with E-state index in [9.17, 15) is 14.4 Å². The van der Waals surface area contributed by atoms with Crippen LogP contribution in [0.15, 0.2) is 54.6 Å². The highest BCUT2D eigenvalue weighted by Gasteiger charge is 2.20. The van der Waals surface area contributed by atoms with Gasteiger partial charge >= 0.3 is 0 Å². The number of benzene rings is 2. The molecular weight excluding hydrogens is 486 g/mol. The van der Waals surface area contributed by atoms with Crippen LogP contribution in [-0.2, 0) is 0 Å². The molecule has 9 nitrogen and oxygen atoms in total. The van der Waals surface area contributed by atoms with Gasteiger partial charge in [-0.05, 0) is 61.7 Å². The number of nitrogens with one attached hydrogen (secondary N) is 1. The minimum Gasteiger partial charge on any atom is -0.494 e. The summed E-state index contributed by atoms with van der Waals surface area (Å²) in [6.07, 6.45) is 3.21. The molecule has 1 N–H and O–H groups in total. The van der Waals surface area contributed by atoms with Gasteiger partial charge in [-0.3, -0.25) is 14.4 Å². The Morgan fingerprint density at radius 3 is 2.08 bits per heavy atom. The fourth-order valence-electron chi connectivity index (χ4n) is 4.35. The van der Waals surface area contributed by atoms with Crippen molar-refractivity contribution in [3.63, 3.8) is 0 Å². The summed E-state index contributed by atoms with van der Waals surface area (Å²) < 4.78 is 15.9. The Labute approximate surface area is 221 Å². The summed E-state index contributed by atoms with van der Waals surface area (Å²) in [5.41, 5.74) is 2.31. The quantitative estimate of drug-likeness (QED) is 0.427. The summed E-state index contributed by atoms with van der Waals surface area (Å²) in [6, 6.07) is 15.1. The Hall–Kier alpha value is -4.40. The summed E-state index contributed by atoms with van der Waals surface area (Å²) in [4.78, 5) is 44.7. The third-order valence-corrected chi connectivity index (χ3v) is 6.47. The van der Waals surface area contributed by atoms with Gasteiger partial charge in [-0.2, -0.15) is 0 Å². The third-order valence-electron chi connectivity index (χ3n) is 6.47. The highest BCUT2D eigenvalue weighted by atomic mass is 16.5. The number of amides is 2. The molecule has 3 aromatic rings. The number of aromatic nitrogens is 1. The van der Waals surface area contributed by atoms with Crippen LogP contribution in [0.4, 0.5) is 0 Å². The van der Waals surface area contributed by atoms with Crippen LogP contribution in [0.5, 0.6) is 17.2 Å². The number of ether oxygens (including phenoxy) is 3. The van der Waals surface area contributed by atoms with Crippen molar-refractivity contribution in [1.82, 2.24) is 15.2 Å². The number of hydrogen-bond acceptors (Lipinski definition) is 7. The van der Waals surface area contributed by atoms with Gasteiger partial charge in [-0.25, -0.2) is 4.98 Å². The zero-order valence-corrected chi connectivity index (χ0v) is 21.8. The number of Topliss-reactive ketones (excluding diaryl/α,β-unsaturated/α-hetero) is 1. The second-order valence-electron chi connectivity index (χ2n) is 8.85. The molecule has 1 aliphatic heterocycles. The van der Waals surface area contributed by atoms with E-state index in [4.69, 9.17) is 14.2 Å². The fourth-order valence-corrected chi connectivity index (χ4v) is 4.35. The standard InChI is InChI=1S/C29H31N3O6/c1-36-24-13-11-21(17-26(24)38-3)28(34)30-18-23(33)22-12-14-25(37-2)27(31-22)19-7-9-20(10-8-19)29(35)32-15-5-4-6-16-32/h7-14,17H,4-6,15-16,18H2,1-3H3,(H,30,34). The van der Waals surface area contributed by atoms with Gasteiger partial charge < -0.3 is 24.4 Å². The van der Waals surface area contributed by atoms with Crippen molar-refractivity contribution >= 4 is 17.6 Å². The first-order valence-corrected chi connectivity index (χ1v) is 12.4. The lowest BCUT2D eigenvalue weighted by Gasteiger charge is -2.26. The number of nitrogens with zero attached hydrogens (tertiary/aromatic N) is 2. The van der Waals surface area contributed by atoms with E-state index in [1.807, 2.05) is 4.90 Å². The molecule has 2 amide bonds. The first kappa shape index (κ1) is 26.7. The van der Waals surface area contributed by atoms with Gasteiger partial charge in [0.05, 0.1) is 27.9 Å². The van der Waals surface area contributed by atoms with E-state index in [1.165, 1.54) is 21.3 Å². The molecule has 0 unspecified atom stereocenters. The molecule has 2 aromatic carbocycles. The number of pyridine rings is 1. The molecule has 9 heteroatoms. The first-order valence-electron chi connectivity index (χ1n) is 12.4. The molecule has 0 spiro atoms. The molecule has 0 saturated carbocycles. The molecule has 1 fully saturated rings. The van der Waals surface area contributed by atoms with Gasteiger partial charge in [-0.1, -0.05) is 12.1 Å². The molecule has 0 atom stereocenters. The van der Waals surface area contributed by atoms with Crippen LogP contribution in [0.1, 0.15) is 50.5 Å². The summed E-state index contributed by atoms with van der Waals surface area (Å²) in [5, 5.41) is 2.63. The van der Waals surface area contributed by atoms with Crippen LogP contribution in [-0.4, -0.2) is 68.4 Å². The van der Waals surface area contributed by atoms with E-state index >= 15 is 0 Å². The van der Waals surface area contributed by atoms with Crippen molar-refractivity contribution in [2.75, 3.05) is 41.0 Å². The number of hydrogen-bond donors (Lipinski definition) is 1. The topological polar surface area (TPSA) is 107 Å². The van der Waals surface area contributed by atoms with Crippen LogP contribution in [0.3, 0.4) is 0 Å². The van der Waals surface area contributed by atoms with Crippen LogP contribution in [0.25, 0.3) is 11.3 Å². The Morgan fingerprint density at radius 2 is 1.42 bits per heavy atom. The number of rotatable bonds is 9. The monoisotopic (exact) mass is 517 g/mol. The molecule has 4 rings (SSSR count). The number of ketones is 1. The van der Waals surface area contributed by atoms with Crippen molar-refractivity contribution in [2.24, 2.45) is 0 Å². The Kier molecular flexibility index (Phi) is 8.58. The number of carbonyl (C=O) groups is 3. The van der Waals surface area contributed by atoms with Crippen molar-refractivity contribution < 1.29 is 28.6 Å². The third kappa shape index (κ3) is 5.94. The van der Waals surface area contributed by atoms with E-state index in [0.717, 1.165) is 32.4 Å². The van der Waals surface area contributed by atoms with E-state index in [1.54, 1.807) is 54.6 Å². The predicted octanol–water partition coefficient (Wildman–Crippen LogP) is 4.01. The zero-order valence-electron chi connectivity index (χ0n) is 21.8. The zero-order chi connectivity index (χ0) is 27.1. The molecule has 198 valence electrons. The molecule has 1 aliphatic rings. The molecule has 0 aliphatic carbocycles. The average Bonchev–Trinajstić information content (AvgIpc) is 2.99. The lowest BCUT2D eigenvalue weighted by Crippen LogP contribution is -2.35. The van der Waals surface area contributed by atoms with Crippen LogP contribution >= 0.6 is 0 Å². The van der Waals surface area contributed by atoms with E-state index in [-0.39, 0.29) is 23.9 Å². The van der Waals surface area contributed by atoms with Crippen molar-refractivity contribution in [2.45, 2.75) is 19.3 Å². The molecule has 0 radical (unpaired) electrons. The Balaban J connectivity index is 1.47. The predicted molar refractivity (Wildman–Crippen MR) is 142 cm³/mol. The normalized spacial score (nSPS) is 13.0. The minimum absolute atomic E-state index is 0.0188. The van der Waals surface area contributed by atoms with E-state index in [0.29, 0.717) is 39.6 Å². The van der Waals surface area contributed by atoms with Crippen LogP contribution in [0.2, 0.25) is 0 Å². The van der Waals surface area contributed by atoms with Gasteiger partial charge in [0.25, 0.3) is 11.8 Å². The highest BCUT2D eigenvalue weighted by molar-refractivity contribution is 6.02. The number of likely N-dealkylation sites (tertiary alicyclic amines) is 1. The maximum Gasteiger partial charge on any atom is 0.253 e. The molecule has 0 bridgehead atoms. The molecule has 1 saturated heterocycles. The molecule has 38 heavy (non-hydrogen) atoms. The Morgan fingerprint density at radius 1 is 0.789 bits per heavy atom. The van der Waals surface area contributed by atoms with Gasteiger partial charge in [0.15, 0.2) is 17.3 Å². The number of methoxy groups -OCH3 is 3. The molecule has 2 heterocycles. The van der Waals surface area contributed by atoms with Crippen LogP contribution < -0.4 is 19.5 Å². The maximum absolute atomic E-state index is 12.9. The van der Waals surface area contributed by atoms with E-state index in [2.05, 4.69) is 10.3 Å². The van der Waals surface area contributed by atoms with Gasteiger partial charge in [0, 0.05) is 29.8 Å². The minimum atomic E-state index is -0.429. The van der Waals surface area contributed by atoms with E-state index < -0.39 is 5.91 Å². The highest BCUT2D eigenvalue weighted by Crippen LogP contribution is 2.29. The second kappa shape index (κ2) is 12.2. The largest absolute Gasteiger partial charge is 0.494 e. The lowest BCUT2D eigenvalue weighted by atomic mass is 10.0. The second-order valence-corrected chi connectivity index (χ2v) is 8.85. The summed E-state index contributed by atoms with van der Waals surface area (Å²) >= 11 is 0. The van der Waals surface area contributed by atoms with Gasteiger partial charge in [-0.15, -0.1) is 0 Å². The average molecular weight is 518 g/mol. The first-order chi connectivity index (χ1) is 18.4. The maximum atomic E-state index is 12.9.